The number of esters is 1. The zero-order chi connectivity index (χ0) is 55.7. The number of amides is 1. The second-order valence-corrected chi connectivity index (χ2v) is 23.0. The summed E-state index contributed by atoms with van der Waals surface area (Å²) in [6, 6.07) is -0.866. The summed E-state index contributed by atoms with van der Waals surface area (Å²) in [5.74, 6) is -0.538. The molecule has 3 unspecified atom stereocenters. The highest BCUT2D eigenvalue weighted by Crippen LogP contribution is 2.43. The number of allylic oxidation sites excluding steroid dienone is 17. The number of nitrogens with one attached hydrogen (secondary N) is 1. The molecule has 0 heterocycles. The number of quaternary nitrogens is 1. The normalized spacial score (nSPS) is 14.5. The summed E-state index contributed by atoms with van der Waals surface area (Å²) in [4.78, 5) is 37.7. The maximum absolute atomic E-state index is 13.5. The molecule has 9 nitrogen and oxygen atoms in total. The zero-order valence-corrected chi connectivity index (χ0v) is 50.6. The van der Waals surface area contributed by atoms with Crippen LogP contribution in [0.4, 0.5) is 0 Å². The molecule has 0 fully saturated rings. The SMILES string of the molecule is CC/C=C\C/C=C\C/C=C\C/C=C\C/C=C\CCCCCCCCCC(=O)OC(/C=C\CCCCCCCCCCCC)C(COP(=O)(O)OCC[N+](C)(C)C)NC(=O)CCCCCCCCC/C=C/C=C/C=C/CC. The lowest BCUT2D eigenvalue weighted by Crippen LogP contribution is -2.47. The number of hydrogen-bond donors (Lipinski definition) is 2. The summed E-state index contributed by atoms with van der Waals surface area (Å²) in [6.45, 7) is 6.74. The van der Waals surface area contributed by atoms with Crippen molar-refractivity contribution in [2.75, 3.05) is 40.9 Å². The third-order valence-electron chi connectivity index (χ3n) is 13.0. The minimum atomic E-state index is -4.46. The van der Waals surface area contributed by atoms with Gasteiger partial charge in [-0.15, -0.1) is 0 Å². The molecule has 0 spiro atoms. The number of carbonyl (C=O) groups is 2. The lowest BCUT2D eigenvalue weighted by Gasteiger charge is -2.27. The van der Waals surface area contributed by atoms with Crippen molar-refractivity contribution in [3.05, 3.63) is 109 Å². The topological polar surface area (TPSA) is 111 Å². The number of ether oxygens (including phenoxy) is 1. The van der Waals surface area contributed by atoms with Crippen LogP contribution >= 0.6 is 7.82 Å². The molecule has 2 N–H and O–H groups in total. The predicted octanol–water partition coefficient (Wildman–Crippen LogP) is 18.9. The van der Waals surface area contributed by atoms with Gasteiger partial charge in [0.15, 0.2) is 0 Å². The van der Waals surface area contributed by atoms with Crippen LogP contribution in [0.1, 0.15) is 245 Å². The van der Waals surface area contributed by atoms with Gasteiger partial charge in [0, 0.05) is 12.8 Å². The first kappa shape index (κ1) is 72.7. The molecule has 0 aliphatic rings. The smallest absolute Gasteiger partial charge is 0.456 e. The number of rotatable bonds is 54. The van der Waals surface area contributed by atoms with E-state index in [0.29, 0.717) is 17.4 Å². The van der Waals surface area contributed by atoms with E-state index < -0.39 is 20.0 Å². The van der Waals surface area contributed by atoms with Crippen molar-refractivity contribution >= 4 is 19.7 Å². The standard InChI is InChI=1S/C66H115N2O7P/c1-7-10-13-16-19-22-25-28-30-31-32-33-34-35-36-37-39-41-44-47-50-53-56-59-66(70)75-64(57-54-51-48-45-42-27-24-21-18-15-12-9-3)63(62-74-76(71,72)73-61-60-68(4,5)6)67-65(69)58-55-52-49-46-43-40-38-29-26-23-20-17-14-11-8-2/h10-11,13-14,17,19-20,22-23,26,28,30,32-33,35-36,54,57,63-64H,7-9,12,15-16,18,21,24-25,27,29,31,34,37-53,55-56,58-62H2,1-6H3,(H-,67,69,71,72)/p+1/b13-10-,14-11+,20-17+,22-19-,26-23+,30-28-,33-32-,36-35-,57-54-. The van der Waals surface area contributed by atoms with E-state index in [1.54, 1.807) is 0 Å². The largest absolute Gasteiger partial charge is 0.472 e. The molecule has 436 valence electrons. The van der Waals surface area contributed by atoms with Gasteiger partial charge in [-0.25, -0.2) is 4.57 Å². The Labute approximate surface area is 468 Å². The van der Waals surface area contributed by atoms with Crippen LogP contribution in [-0.4, -0.2) is 74.3 Å². The molecule has 0 saturated carbocycles. The number of phosphoric ester groups is 1. The van der Waals surface area contributed by atoms with Gasteiger partial charge in [0.2, 0.25) is 5.91 Å². The molecule has 1 amide bonds. The van der Waals surface area contributed by atoms with Crippen LogP contribution in [0.2, 0.25) is 0 Å². The van der Waals surface area contributed by atoms with Crippen molar-refractivity contribution in [1.82, 2.24) is 5.32 Å². The number of nitrogens with zero attached hydrogens (tertiary/aromatic N) is 1. The lowest BCUT2D eigenvalue weighted by molar-refractivity contribution is -0.870. The summed E-state index contributed by atoms with van der Waals surface area (Å²) < 4.78 is 30.7. The van der Waals surface area contributed by atoms with E-state index in [1.807, 2.05) is 33.3 Å². The number of likely N-dealkylation sites (N-methyl/N-ethyl adjacent to an activating group) is 1. The van der Waals surface area contributed by atoms with E-state index in [-0.39, 0.29) is 31.5 Å². The van der Waals surface area contributed by atoms with Crippen molar-refractivity contribution in [3.63, 3.8) is 0 Å². The van der Waals surface area contributed by atoms with Gasteiger partial charge in [0.05, 0.1) is 33.8 Å². The van der Waals surface area contributed by atoms with Gasteiger partial charge in [0.1, 0.15) is 19.3 Å². The Morgan fingerprint density at radius 1 is 0.487 bits per heavy atom. The van der Waals surface area contributed by atoms with Crippen LogP contribution in [0.15, 0.2) is 109 Å². The van der Waals surface area contributed by atoms with Crippen LogP contribution in [0, 0.1) is 0 Å². The van der Waals surface area contributed by atoms with Crippen molar-refractivity contribution < 1.29 is 37.3 Å². The maximum Gasteiger partial charge on any atom is 0.472 e. The van der Waals surface area contributed by atoms with Gasteiger partial charge < -0.3 is 19.4 Å². The van der Waals surface area contributed by atoms with Crippen LogP contribution in [0.3, 0.4) is 0 Å². The summed E-state index contributed by atoms with van der Waals surface area (Å²) in [7, 11) is 1.46. The molecule has 10 heteroatoms. The minimum absolute atomic E-state index is 0.0302. The fourth-order valence-electron chi connectivity index (χ4n) is 8.32. The van der Waals surface area contributed by atoms with Crippen LogP contribution in [0.25, 0.3) is 0 Å². The van der Waals surface area contributed by atoms with E-state index in [2.05, 4.69) is 123 Å². The molecule has 0 rings (SSSR count). The average molecular weight is 1080 g/mol. The van der Waals surface area contributed by atoms with Crippen LogP contribution < -0.4 is 5.32 Å². The van der Waals surface area contributed by atoms with Gasteiger partial charge in [-0.05, 0) is 96.0 Å². The Hall–Kier alpha value is -3.33. The average Bonchev–Trinajstić information content (AvgIpc) is 3.38. The predicted molar refractivity (Wildman–Crippen MR) is 327 cm³/mol. The van der Waals surface area contributed by atoms with Crippen LogP contribution in [0.5, 0.6) is 0 Å². The number of carbonyl (C=O) groups excluding carboxylic acids is 2. The highest BCUT2D eigenvalue weighted by molar-refractivity contribution is 7.47. The molecule has 0 aromatic rings. The van der Waals surface area contributed by atoms with Gasteiger partial charge in [-0.2, -0.15) is 0 Å². The molecule has 3 atom stereocenters. The second-order valence-electron chi connectivity index (χ2n) is 21.5. The van der Waals surface area contributed by atoms with Crippen molar-refractivity contribution in [2.24, 2.45) is 0 Å². The molecule has 0 aromatic carbocycles. The Morgan fingerprint density at radius 3 is 1.41 bits per heavy atom. The van der Waals surface area contributed by atoms with Crippen molar-refractivity contribution in [1.29, 1.82) is 0 Å². The van der Waals surface area contributed by atoms with Gasteiger partial charge >= 0.3 is 13.8 Å². The van der Waals surface area contributed by atoms with Gasteiger partial charge in [0.25, 0.3) is 0 Å². The fraction of sp³-hybridized carbons (Fsp3) is 0.697. The maximum atomic E-state index is 13.5. The molecule has 0 saturated heterocycles. The molecular weight excluding hydrogens is 964 g/mol. The molecule has 0 aromatic heterocycles. The monoisotopic (exact) mass is 1080 g/mol. The van der Waals surface area contributed by atoms with Gasteiger partial charge in [-0.1, -0.05) is 246 Å². The van der Waals surface area contributed by atoms with Crippen LogP contribution in [-0.2, 0) is 27.9 Å². The van der Waals surface area contributed by atoms with E-state index in [4.69, 9.17) is 13.8 Å². The Bertz CT molecular complexity index is 1670. The third-order valence-corrected chi connectivity index (χ3v) is 14.0. The molecule has 0 aliphatic heterocycles. The first-order valence-corrected chi connectivity index (χ1v) is 32.2. The van der Waals surface area contributed by atoms with Gasteiger partial charge in [-0.3, -0.25) is 18.6 Å². The van der Waals surface area contributed by atoms with E-state index in [0.717, 1.165) is 122 Å². The Kier molecular flexibility index (Phi) is 52.6. The highest BCUT2D eigenvalue weighted by atomic mass is 31.2. The number of hydrogen-bond acceptors (Lipinski definition) is 6. The van der Waals surface area contributed by atoms with E-state index in [9.17, 15) is 19.0 Å². The first-order chi connectivity index (χ1) is 36.9. The molecule has 0 aliphatic carbocycles. The molecular formula is C66H116N2O7P+. The van der Waals surface area contributed by atoms with Crippen molar-refractivity contribution in [2.45, 2.75) is 258 Å². The molecule has 76 heavy (non-hydrogen) atoms. The minimum Gasteiger partial charge on any atom is -0.456 e. The summed E-state index contributed by atoms with van der Waals surface area (Å²) in [5.41, 5.74) is 0. The number of phosphoric acid groups is 1. The summed E-state index contributed by atoms with van der Waals surface area (Å²) in [5, 5.41) is 3.04. The third kappa shape index (κ3) is 55.4. The highest BCUT2D eigenvalue weighted by Gasteiger charge is 2.30. The first-order valence-electron chi connectivity index (χ1n) is 30.7. The Balaban J connectivity index is 5.26. The fourth-order valence-corrected chi connectivity index (χ4v) is 9.05. The lowest BCUT2D eigenvalue weighted by atomic mass is 10.0. The molecule has 0 bridgehead atoms. The summed E-state index contributed by atoms with van der Waals surface area (Å²) in [6.07, 6.45) is 75.1. The molecule has 0 radical (unpaired) electrons. The van der Waals surface area contributed by atoms with Crippen molar-refractivity contribution in [3.8, 4) is 0 Å². The number of unbranched alkanes of at least 4 members (excludes halogenated alkanes) is 24. The quantitative estimate of drug-likeness (QED) is 0.0156. The van der Waals surface area contributed by atoms with E-state index >= 15 is 0 Å². The Morgan fingerprint density at radius 2 is 0.908 bits per heavy atom. The van der Waals surface area contributed by atoms with E-state index in [1.165, 1.54) is 89.9 Å². The summed E-state index contributed by atoms with van der Waals surface area (Å²) >= 11 is 0. The zero-order valence-electron chi connectivity index (χ0n) is 49.7. The second kappa shape index (κ2) is 55.0.